The molecule has 3 heterocycles. The summed E-state index contributed by atoms with van der Waals surface area (Å²) in [4.78, 5) is 30.3. The highest BCUT2D eigenvalue weighted by Crippen LogP contribution is 2.37. The fourth-order valence-electron chi connectivity index (χ4n) is 6.63. The molecule has 10 nitrogen and oxygen atoms in total. The fraction of sp³-hybridized carbons (Fsp3) is 0.784. The van der Waals surface area contributed by atoms with E-state index >= 15 is 0 Å². The first kappa shape index (κ1) is 39.2. The van der Waals surface area contributed by atoms with Crippen LogP contribution in [0.5, 0.6) is 0 Å². The Morgan fingerprint density at radius 1 is 1.15 bits per heavy atom. The molecule has 10 unspecified atom stereocenters. The number of rotatable bonds is 10. The van der Waals surface area contributed by atoms with Crippen LogP contribution in [0.3, 0.4) is 0 Å². The third-order valence-corrected chi connectivity index (χ3v) is 10.1. The molecule has 47 heavy (non-hydrogen) atoms. The molecule has 3 aliphatic rings. The van der Waals surface area contributed by atoms with Crippen LogP contribution in [0.4, 0.5) is 4.79 Å². The summed E-state index contributed by atoms with van der Waals surface area (Å²) in [5.74, 6) is -0.777. The van der Waals surface area contributed by atoms with Gasteiger partial charge >= 0.3 is 12.1 Å². The van der Waals surface area contributed by atoms with Gasteiger partial charge in [-0.15, -0.1) is 0 Å². The maximum Gasteiger partial charge on any atom is 0.410 e. The molecule has 0 spiro atoms. The second kappa shape index (κ2) is 18.0. The van der Waals surface area contributed by atoms with Gasteiger partial charge < -0.3 is 34.4 Å². The van der Waals surface area contributed by atoms with Crippen molar-refractivity contribution in [3.63, 3.8) is 0 Å². The number of hydrogen-bond acceptors (Lipinski definition) is 9. The zero-order valence-electron chi connectivity index (χ0n) is 30.0. The number of epoxide rings is 1. The van der Waals surface area contributed by atoms with Gasteiger partial charge in [0.25, 0.3) is 0 Å². The average Bonchev–Trinajstić information content (AvgIpc) is 3.81. The highest BCUT2D eigenvalue weighted by Gasteiger charge is 2.47. The molecule has 3 rings (SSSR count). The lowest BCUT2D eigenvalue weighted by molar-refractivity contribution is -0.151. The van der Waals surface area contributed by atoms with E-state index in [2.05, 4.69) is 18.7 Å². The van der Waals surface area contributed by atoms with Crippen molar-refractivity contribution in [1.82, 2.24) is 9.80 Å². The Morgan fingerprint density at radius 3 is 2.55 bits per heavy atom. The molecule has 0 saturated carbocycles. The molecule has 3 N–H and O–H groups in total. The summed E-state index contributed by atoms with van der Waals surface area (Å²) in [5, 5.41) is 31.8. The summed E-state index contributed by atoms with van der Waals surface area (Å²) >= 11 is 0. The molecule has 2 saturated heterocycles. The van der Waals surface area contributed by atoms with E-state index in [1.54, 1.807) is 24.0 Å². The van der Waals surface area contributed by atoms with Crippen LogP contribution in [0.2, 0.25) is 0 Å². The fourth-order valence-corrected chi connectivity index (χ4v) is 6.63. The Bertz CT molecular complexity index is 1100. The Labute approximate surface area is 282 Å². The van der Waals surface area contributed by atoms with Crippen molar-refractivity contribution in [2.75, 3.05) is 26.2 Å². The molecule has 10 heteroatoms. The number of aliphatic hydroxyl groups excluding tert-OH is 2. The predicted octanol–water partition coefficient (Wildman–Crippen LogP) is 5.01. The second-order valence-electron chi connectivity index (χ2n) is 14.7. The van der Waals surface area contributed by atoms with Gasteiger partial charge in [-0.25, -0.2) is 4.79 Å². The summed E-state index contributed by atoms with van der Waals surface area (Å²) in [5.41, 5.74) is -0.352. The molecule has 0 aromatic carbocycles. The van der Waals surface area contributed by atoms with Crippen molar-refractivity contribution in [3.05, 3.63) is 36.0 Å². The molecule has 2 fully saturated rings. The normalized spacial score (nSPS) is 33.6. The molecule has 1 amide bonds. The minimum Gasteiger partial charge on any atom is -0.457 e. The maximum atomic E-state index is 13.3. The van der Waals surface area contributed by atoms with Crippen LogP contribution in [-0.4, -0.2) is 112 Å². The molecule has 0 radical (unpaired) electrons. The van der Waals surface area contributed by atoms with Gasteiger partial charge in [-0.05, 0) is 70.9 Å². The summed E-state index contributed by atoms with van der Waals surface area (Å²) in [6, 6.07) is 0.427. The number of amides is 1. The van der Waals surface area contributed by atoms with Crippen molar-refractivity contribution < 1.29 is 39.1 Å². The van der Waals surface area contributed by atoms with E-state index in [-0.39, 0.29) is 42.5 Å². The number of esters is 1. The average molecular weight is 663 g/mol. The molecule has 0 bridgehead atoms. The first-order valence-electron chi connectivity index (χ1n) is 17.8. The van der Waals surface area contributed by atoms with Crippen LogP contribution < -0.4 is 0 Å². The molecule has 268 valence electrons. The topological polar surface area (TPSA) is 132 Å². The van der Waals surface area contributed by atoms with Gasteiger partial charge in [0.05, 0.1) is 36.4 Å². The number of hydrogen-bond donors (Lipinski definition) is 3. The number of nitrogens with zero attached hydrogens (tertiary/aromatic N) is 2. The number of allylic oxidation sites excluding steroid dienone is 2. The zero-order chi connectivity index (χ0) is 34.9. The van der Waals surface area contributed by atoms with E-state index in [1.165, 1.54) is 0 Å². The Kier molecular flexibility index (Phi) is 15.0. The van der Waals surface area contributed by atoms with E-state index in [0.717, 1.165) is 25.1 Å². The van der Waals surface area contributed by atoms with Crippen LogP contribution >= 0.6 is 0 Å². The summed E-state index contributed by atoms with van der Waals surface area (Å²) in [6.07, 6.45) is 9.06. The summed E-state index contributed by atoms with van der Waals surface area (Å²) < 4.78 is 17.8. The number of ether oxygens (including phenoxy) is 3. The first-order valence-corrected chi connectivity index (χ1v) is 17.8. The third-order valence-electron chi connectivity index (χ3n) is 10.1. The van der Waals surface area contributed by atoms with Gasteiger partial charge in [-0.1, -0.05) is 52.0 Å². The molecule has 10 atom stereocenters. The monoisotopic (exact) mass is 662 g/mol. The number of cyclic esters (lactones) is 1. The Hall–Kier alpha value is -2.24. The molecular formula is C37H62N2O8. The molecule has 0 aliphatic carbocycles. The SMILES string of the molecule is CCC(O)C(C)C1OC1CC(C)(O)/C=C/C=C(\C)C1OC(=O)CC(O)CCC(C)C(OC(=O)N2CCCN(C(C)C)CC2)/C=C/C1C. The minimum atomic E-state index is -1.13. The van der Waals surface area contributed by atoms with Crippen LogP contribution in [0.25, 0.3) is 0 Å². The van der Waals surface area contributed by atoms with Crippen molar-refractivity contribution in [2.45, 2.75) is 142 Å². The van der Waals surface area contributed by atoms with Crippen molar-refractivity contribution in [1.29, 1.82) is 0 Å². The van der Waals surface area contributed by atoms with Gasteiger partial charge in [-0.3, -0.25) is 9.69 Å². The van der Waals surface area contributed by atoms with E-state index in [0.29, 0.717) is 44.8 Å². The highest BCUT2D eigenvalue weighted by molar-refractivity contribution is 5.70. The number of carbonyl (C=O) groups excluding carboxylic acids is 2. The van der Waals surface area contributed by atoms with Crippen LogP contribution in [0.15, 0.2) is 36.0 Å². The number of aliphatic hydroxyl groups is 3. The van der Waals surface area contributed by atoms with Gasteiger partial charge in [0, 0.05) is 50.5 Å². The summed E-state index contributed by atoms with van der Waals surface area (Å²) in [6.45, 7) is 18.8. The highest BCUT2D eigenvalue weighted by atomic mass is 16.6. The van der Waals surface area contributed by atoms with Crippen LogP contribution in [-0.2, 0) is 19.0 Å². The second-order valence-corrected chi connectivity index (χ2v) is 14.7. The van der Waals surface area contributed by atoms with Crippen molar-refractivity contribution in [2.24, 2.45) is 17.8 Å². The van der Waals surface area contributed by atoms with Crippen molar-refractivity contribution >= 4 is 12.1 Å². The van der Waals surface area contributed by atoms with Crippen LogP contribution in [0.1, 0.15) is 93.9 Å². The Morgan fingerprint density at radius 2 is 1.87 bits per heavy atom. The van der Waals surface area contributed by atoms with Gasteiger partial charge in [-0.2, -0.15) is 0 Å². The quantitative estimate of drug-likeness (QED) is 0.128. The molecule has 3 aliphatic heterocycles. The number of carbonyl (C=O) groups is 2. The lowest BCUT2D eigenvalue weighted by Crippen LogP contribution is -2.39. The van der Waals surface area contributed by atoms with E-state index in [9.17, 15) is 24.9 Å². The lowest BCUT2D eigenvalue weighted by atomic mass is 9.91. The molecule has 0 aromatic rings. The maximum absolute atomic E-state index is 13.3. The van der Waals surface area contributed by atoms with Gasteiger partial charge in [0.15, 0.2) is 0 Å². The first-order chi connectivity index (χ1) is 22.1. The predicted molar refractivity (Wildman–Crippen MR) is 183 cm³/mol. The minimum absolute atomic E-state index is 0.00635. The van der Waals surface area contributed by atoms with Gasteiger partial charge in [0.1, 0.15) is 12.2 Å². The third kappa shape index (κ3) is 12.3. The van der Waals surface area contributed by atoms with E-state index in [1.807, 2.05) is 52.8 Å². The van der Waals surface area contributed by atoms with E-state index < -0.39 is 36.0 Å². The van der Waals surface area contributed by atoms with Gasteiger partial charge in [0.2, 0.25) is 0 Å². The molecule has 0 aromatic heterocycles. The summed E-state index contributed by atoms with van der Waals surface area (Å²) in [7, 11) is 0. The smallest absolute Gasteiger partial charge is 0.410 e. The van der Waals surface area contributed by atoms with Crippen molar-refractivity contribution in [3.8, 4) is 0 Å². The lowest BCUT2D eigenvalue weighted by Gasteiger charge is -2.29. The standard InChI is InChI=1S/C37H62N2O8/c1-9-30(41)28(7)35-32(45-35)23-37(8,44)17-10-12-26(5)34-27(6)14-16-31(25(4)13-15-29(40)22-33(42)47-34)46-36(43)39-19-11-18-38(20-21-39)24(2)3/h10,12,14,16-17,24-25,27-32,34-35,40-41,44H,9,11,13,15,18-23H2,1-8H3/b16-14+,17-10+,26-12+. The van der Waals surface area contributed by atoms with E-state index in [4.69, 9.17) is 14.2 Å². The largest absolute Gasteiger partial charge is 0.457 e. The zero-order valence-corrected chi connectivity index (χ0v) is 30.0. The Balaban J connectivity index is 1.71. The molecular weight excluding hydrogens is 600 g/mol. The van der Waals surface area contributed by atoms with Crippen LogP contribution in [0, 0.1) is 17.8 Å².